The summed E-state index contributed by atoms with van der Waals surface area (Å²) in [5.41, 5.74) is 5.83. The normalized spacial score (nSPS) is 24.7. The van der Waals surface area contributed by atoms with Crippen LogP contribution >= 0.6 is 0 Å². The van der Waals surface area contributed by atoms with E-state index in [1.165, 1.54) is 32.1 Å². The Labute approximate surface area is 101 Å². The van der Waals surface area contributed by atoms with Gasteiger partial charge in [0, 0.05) is 13.1 Å². The molecule has 94 valence electrons. The molecule has 1 aromatic rings. The molecule has 0 aromatic carbocycles. The number of aromatic nitrogens is 2. The van der Waals surface area contributed by atoms with Crippen LogP contribution in [-0.2, 0) is 5.54 Å². The lowest BCUT2D eigenvalue weighted by Crippen LogP contribution is -2.36. The zero-order chi connectivity index (χ0) is 11.9. The lowest BCUT2D eigenvalue weighted by atomic mass is 9.97. The molecule has 2 aliphatic rings. The van der Waals surface area contributed by atoms with Crippen molar-refractivity contribution in [3.8, 4) is 0 Å². The molecule has 3 rings (SSSR count). The topological polar surface area (TPSA) is 68.2 Å². The maximum Gasteiger partial charge on any atom is 0.266 e. The number of piperidine rings is 1. The van der Waals surface area contributed by atoms with E-state index in [1.807, 2.05) is 6.92 Å². The Morgan fingerprint density at radius 1 is 1.29 bits per heavy atom. The molecule has 0 spiro atoms. The fourth-order valence-electron chi connectivity index (χ4n) is 2.51. The molecule has 1 saturated heterocycles. The number of rotatable bonds is 3. The van der Waals surface area contributed by atoms with Crippen LogP contribution < -0.4 is 10.6 Å². The van der Waals surface area contributed by atoms with Crippen LogP contribution in [0.4, 0.5) is 5.95 Å². The van der Waals surface area contributed by atoms with E-state index >= 15 is 0 Å². The van der Waals surface area contributed by atoms with Gasteiger partial charge in [-0.3, -0.25) is 0 Å². The molecule has 5 heteroatoms. The third-order valence-electron chi connectivity index (χ3n) is 3.94. The van der Waals surface area contributed by atoms with Gasteiger partial charge in [0.15, 0.2) is 0 Å². The maximum absolute atomic E-state index is 6.27. The highest BCUT2D eigenvalue weighted by molar-refractivity contribution is 5.29. The number of hydrogen-bond donors (Lipinski definition) is 1. The average Bonchev–Trinajstić information content (AvgIpc) is 3.08. The van der Waals surface area contributed by atoms with Gasteiger partial charge in [-0.15, -0.1) is 0 Å². The van der Waals surface area contributed by atoms with E-state index in [9.17, 15) is 0 Å². The Morgan fingerprint density at radius 2 is 2.00 bits per heavy atom. The highest BCUT2D eigenvalue weighted by atomic mass is 16.5. The van der Waals surface area contributed by atoms with E-state index in [-0.39, 0.29) is 0 Å². The molecule has 0 amide bonds. The van der Waals surface area contributed by atoms with Crippen molar-refractivity contribution in [1.82, 2.24) is 10.1 Å². The Morgan fingerprint density at radius 3 is 2.65 bits per heavy atom. The molecule has 0 bridgehead atoms. The van der Waals surface area contributed by atoms with Crippen molar-refractivity contribution < 1.29 is 4.52 Å². The highest BCUT2D eigenvalue weighted by Crippen LogP contribution is 2.43. The fourth-order valence-corrected chi connectivity index (χ4v) is 2.51. The quantitative estimate of drug-likeness (QED) is 0.864. The zero-order valence-electron chi connectivity index (χ0n) is 10.4. The predicted octanol–water partition coefficient (Wildman–Crippen LogP) is 1.64. The van der Waals surface area contributed by atoms with E-state index in [1.54, 1.807) is 0 Å². The standard InChI is InChI=1S/C12H20N4O/c1-12(13,9-5-6-9)10-14-11(15-17-10)16-7-3-2-4-8-16/h9H,2-8,13H2,1H3. The Hall–Kier alpha value is -1.10. The van der Waals surface area contributed by atoms with E-state index in [2.05, 4.69) is 15.0 Å². The second-order valence-corrected chi connectivity index (χ2v) is 5.50. The minimum absolute atomic E-state index is 0.443. The molecule has 2 fully saturated rings. The molecule has 1 aliphatic carbocycles. The van der Waals surface area contributed by atoms with Crippen molar-refractivity contribution in [2.75, 3.05) is 18.0 Å². The number of hydrogen-bond acceptors (Lipinski definition) is 5. The minimum atomic E-state index is -0.443. The summed E-state index contributed by atoms with van der Waals surface area (Å²) >= 11 is 0. The van der Waals surface area contributed by atoms with Gasteiger partial charge in [-0.2, -0.15) is 4.98 Å². The molecular formula is C12H20N4O. The van der Waals surface area contributed by atoms with Gasteiger partial charge in [0.2, 0.25) is 5.89 Å². The molecule has 1 aromatic heterocycles. The summed E-state index contributed by atoms with van der Waals surface area (Å²) in [6.45, 7) is 4.06. The van der Waals surface area contributed by atoms with E-state index in [4.69, 9.17) is 10.3 Å². The van der Waals surface area contributed by atoms with Crippen LogP contribution in [0.2, 0.25) is 0 Å². The predicted molar refractivity (Wildman–Crippen MR) is 64.6 cm³/mol. The van der Waals surface area contributed by atoms with Crippen LogP contribution in [0, 0.1) is 5.92 Å². The van der Waals surface area contributed by atoms with Crippen LogP contribution in [0.3, 0.4) is 0 Å². The van der Waals surface area contributed by atoms with Gasteiger partial charge in [0.1, 0.15) is 0 Å². The fraction of sp³-hybridized carbons (Fsp3) is 0.833. The van der Waals surface area contributed by atoms with Crippen molar-refractivity contribution in [2.24, 2.45) is 11.7 Å². The van der Waals surface area contributed by atoms with Crippen molar-refractivity contribution in [3.63, 3.8) is 0 Å². The van der Waals surface area contributed by atoms with Crippen molar-refractivity contribution in [3.05, 3.63) is 5.89 Å². The molecule has 1 atom stereocenters. The van der Waals surface area contributed by atoms with Gasteiger partial charge < -0.3 is 15.2 Å². The summed E-state index contributed by atoms with van der Waals surface area (Å²) in [6, 6.07) is 0. The number of nitrogens with two attached hydrogens (primary N) is 1. The lowest BCUT2D eigenvalue weighted by Gasteiger charge is -2.24. The molecule has 1 unspecified atom stereocenters. The second-order valence-electron chi connectivity index (χ2n) is 5.50. The zero-order valence-corrected chi connectivity index (χ0v) is 10.4. The monoisotopic (exact) mass is 236 g/mol. The maximum atomic E-state index is 6.27. The Bertz CT molecular complexity index is 391. The summed E-state index contributed by atoms with van der Waals surface area (Å²) < 4.78 is 5.36. The van der Waals surface area contributed by atoms with Crippen LogP contribution in [0.1, 0.15) is 44.9 Å². The Balaban J connectivity index is 1.77. The molecule has 2 heterocycles. The summed E-state index contributed by atoms with van der Waals surface area (Å²) in [6.07, 6.45) is 6.08. The summed E-state index contributed by atoms with van der Waals surface area (Å²) in [7, 11) is 0. The molecule has 0 radical (unpaired) electrons. The largest absolute Gasteiger partial charge is 0.338 e. The van der Waals surface area contributed by atoms with E-state index < -0.39 is 5.54 Å². The van der Waals surface area contributed by atoms with Crippen molar-refractivity contribution >= 4 is 5.95 Å². The first-order valence-electron chi connectivity index (χ1n) is 6.56. The molecular weight excluding hydrogens is 216 g/mol. The van der Waals surface area contributed by atoms with Crippen LogP contribution in [0.25, 0.3) is 0 Å². The molecule has 1 aliphatic heterocycles. The van der Waals surface area contributed by atoms with Crippen molar-refractivity contribution in [2.45, 2.75) is 44.6 Å². The molecule has 2 N–H and O–H groups in total. The van der Waals surface area contributed by atoms with E-state index in [0.29, 0.717) is 11.8 Å². The van der Waals surface area contributed by atoms with Gasteiger partial charge in [0.05, 0.1) is 5.54 Å². The van der Waals surface area contributed by atoms with Crippen molar-refractivity contribution in [1.29, 1.82) is 0 Å². The third-order valence-corrected chi connectivity index (χ3v) is 3.94. The molecule has 17 heavy (non-hydrogen) atoms. The van der Waals surface area contributed by atoms with Gasteiger partial charge in [-0.05, 0) is 50.1 Å². The summed E-state index contributed by atoms with van der Waals surface area (Å²) in [5.74, 6) is 1.83. The smallest absolute Gasteiger partial charge is 0.266 e. The summed E-state index contributed by atoms with van der Waals surface area (Å²) in [4.78, 5) is 6.68. The van der Waals surface area contributed by atoms with Gasteiger partial charge in [0.25, 0.3) is 5.95 Å². The lowest BCUT2D eigenvalue weighted by molar-refractivity contribution is 0.273. The molecule has 1 saturated carbocycles. The first kappa shape index (κ1) is 11.0. The number of anilines is 1. The number of nitrogens with zero attached hydrogens (tertiary/aromatic N) is 3. The second kappa shape index (κ2) is 3.98. The van der Waals surface area contributed by atoms with Crippen LogP contribution in [0.5, 0.6) is 0 Å². The summed E-state index contributed by atoms with van der Waals surface area (Å²) in [5, 5.41) is 4.08. The minimum Gasteiger partial charge on any atom is -0.338 e. The SMILES string of the molecule is CC(N)(c1nc(N2CCCCC2)no1)C1CC1. The molecule has 5 nitrogen and oxygen atoms in total. The van der Waals surface area contributed by atoms with Crippen LogP contribution in [-0.4, -0.2) is 23.2 Å². The Kier molecular flexibility index (Phi) is 2.58. The van der Waals surface area contributed by atoms with Gasteiger partial charge >= 0.3 is 0 Å². The highest BCUT2D eigenvalue weighted by Gasteiger charge is 2.44. The first-order chi connectivity index (χ1) is 8.18. The third kappa shape index (κ3) is 2.04. The van der Waals surface area contributed by atoms with Gasteiger partial charge in [-0.1, -0.05) is 0 Å². The van der Waals surface area contributed by atoms with E-state index in [0.717, 1.165) is 19.0 Å². The van der Waals surface area contributed by atoms with Gasteiger partial charge in [-0.25, -0.2) is 0 Å². The first-order valence-corrected chi connectivity index (χ1v) is 6.56. The van der Waals surface area contributed by atoms with Crippen LogP contribution in [0.15, 0.2) is 4.52 Å². The average molecular weight is 236 g/mol.